The van der Waals surface area contributed by atoms with Crippen molar-refractivity contribution in [2.24, 2.45) is 0 Å². The molecule has 0 fully saturated rings. The van der Waals surface area contributed by atoms with Gasteiger partial charge in [-0.1, -0.05) is 57.3 Å². The molecule has 110 valence electrons. The van der Waals surface area contributed by atoms with Gasteiger partial charge in [-0.3, -0.25) is 0 Å². The maximum Gasteiger partial charge on any atom is 0.333 e. The van der Waals surface area contributed by atoms with Crippen molar-refractivity contribution in [1.29, 1.82) is 0 Å². The molecule has 0 aliphatic rings. The molecule has 0 heterocycles. The van der Waals surface area contributed by atoms with Crippen LogP contribution in [0.1, 0.15) is 12.5 Å². The Morgan fingerprint density at radius 2 is 1.86 bits per heavy atom. The number of benzene rings is 2. The van der Waals surface area contributed by atoms with Crippen LogP contribution < -0.4 is 5.32 Å². The number of carboxylic acids is 1. The van der Waals surface area contributed by atoms with E-state index in [-0.39, 0.29) is 0 Å². The van der Waals surface area contributed by atoms with Crippen molar-refractivity contribution in [2.45, 2.75) is 12.5 Å². The van der Waals surface area contributed by atoms with Crippen molar-refractivity contribution in [3.8, 4) is 0 Å². The lowest BCUT2D eigenvalue weighted by atomic mass is 9.91. The summed E-state index contributed by atoms with van der Waals surface area (Å²) < 4.78 is 0.779. The Labute approximate surface area is 141 Å². The number of para-hydroxylation sites is 1. The Hall–Kier alpha value is -1.23. The normalized spacial score (nSPS) is 13.5. The molecule has 0 spiro atoms. The first kappa shape index (κ1) is 16.1. The minimum absolute atomic E-state index is 0.355. The molecule has 6 heteroatoms. The molecule has 3 nitrogen and oxygen atoms in total. The molecule has 2 aromatic rings. The van der Waals surface area contributed by atoms with E-state index in [1.165, 1.54) is 0 Å². The first-order valence-electron chi connectivity index (χ1n) is 6.06. The number of halogens is 3. The van der Waals surface area contributed by atoms with Gasteiger partial charge in [-0.2, -0.15) is 0 Å². The topological polar surface area (TPSA) is 49.3 Å². The number of carbonyl (C=O) groups is 1. The number of anilines is 1. The predicted octanol–water partition coefficient (Wildman–Crippen LogP) is 5.17. The second kappa shape index (κ2) is 6.26. The highest BCUT2D eigenvalue weighted by atomic mass is 79.9. The molecular weight excluding hydrogens is 377 g/mol. The van der Waals surface area contributed by atoms with Gasteiger partial charge in [-0.05, 0) is 31.2 Å². The molecule has 0 aliphatic heterocycles. The van der Waals surface area contributed by atoms with E-state index >= 15 is 0 Å². The Kier molecular flexibility index (Phi) is 4.81. The SMILES string of the molecule is CC(Nc1ccccc1Cl)(C(=O)O)c1ccc(Br)cc1Cl. The maximum atomic E-state index is 11.8. The fourth-order valence-electron chi connectivity index (χ4n) is 1.96. The van der Waals surface area contributed by atoms with E-state index in [1.54, 1.807) is 49.4 Å². The van der Waals surface area contributed by atoms with Gasteiger partial charge in [-0.25, -0.2) is 4.79 Å². The van der Waals surface area contributed by atoms with Crippen LogP contribution in [0.25, 0.3) is 0 Å². The van der Waals surface area contributed by atoms with Crippen LogP contribution in [-0.2, 0) is 10.3 Å². The van der Waals surface area contributed by atoms with Crippen LogP contribution in [0.5, 0.6) is 0 Å². The maximum absolute atomic E-state index is 11.8. The second-order valence-electron chi connectivity index (χ2n) is 4.66. The standard InChI is InChI=1S/C15H12BrCl2NO2/c1-15(14(20)21,10-7-6-9(16)8-12(10)18)19-13-5-3-2-4-11(13)17/h2-8,19H,1H3,(H,20,21). The van der Waals surface area contributed by atoms with E-state index in [0.29, 0.717) is 21.3 Å². The van der Waals surface area contributed by atoms with E-state index in [0.717, 1.165) is 4.47 Å². The second-order valence-corrected chi connectivity index (χ2v) is 6.39. The third-order valence-corrected chi connectivity index (χ3v) is 4.29. The van der Waals surface area contributed by atoms with Crippen LogP contribution >= 0.6 is 39.1 Å². The summed E-state index contributed by atoms with van der Waals surface area (Å²) in [6.07, 6.45) is 0. The molecule has 1 unspecified atom stereocenters. The molecule has 2 aromatic carbocycles. The average Bonchev–Trinajstić information content (AvgIpc) is 2.41. The molecule has 1 atom stereocenters. The third kappa shape index (κ3) is 3.34. The molecular formula is C15H12BrCl2NO2. The molecule has 0 amide bonds. The van der Waals surface area contributed by atoms with E-state index in [4.69, 9.17) is 23.2 Å². The molecule has 0 aromatic heterocycles. The van der Waals surface area contributed by atoms with Crippen LogP contribution in [0.15, 0.2) is 46.9 Å². The molecule has 0 saturated carbocycles. The van der Waals surface area contributed by atoms with Crippen molar-refractivity contribution < 1.29 is 9.90 Å². The summed E-state index contributed by atoms with van der Waals surface area (Å²) in [7, 11) is 0. The lowest BCUT2D eigenvalue weighted by molar-refractivity contribution is -0.142. The number of hydrogen-bond acceptors (Lipinski definition) is 2. The van der Waals surface area contributed by atoms with Crippen LogP contribution in [-0.4, -0.2) is 11.1 Å². The number of nitrogens with one attached hydrogen (secondary N) is 1. The minimum atomic E-state index is -1.40. The molecule has 0 saturated heterocycles. The lowest BCUT2D eigenvalue weighted by Crippen LogP contribution is -2.40. The Balaban J connectivity index is 2.51. The van der Waals surface area contributed by atoms with E-state index in [1.807, 2.05) is 0 Å². The van der Waals surface area contributed by atoms with Crippen molar-refractivity contribution in [3.63, 3.8) is 0 Å². The summed E-state index contributed by atoms with van der Waals surface area (Å²) in [5.41, 5.74) is -0.411. The largest absolute Gasteiger partial charge is 0.479 e. The Morgan fingerprint density at radius 3 is 2.43 bits per heavy atom. The minimum Gasteiger partial charge on any atom is -0.479 e. The van der Waals surface area contributed by atoms with Crippen LogP contribution in [0.4, 0.5) is 5.69 Å². The average molecular weight is 389 g/mol. The van der Waals surface area contributed by atoms with Crippen LogP contribution in [0, 0.1) is 0 Å². The van der Waals surface area contributed by atoms with Gasteiger partial charge in [0.2, 0.25) is 0 Å². The van der Waals surface area contributed by atoms with Crippen molar-refractivity contribution in [3.05, 3.63) is 62.5 Å². The van der Waals surface area contributed by atoms with E-state index in [9.17, 15) is 9.90 Å². The summed E-state index contributed by atoms with van der Waals surface area (Å²) in [6.45, 7) is 1.55. The molecule has 2 rings (SSSR count). The van der Waals surface area contributed by atoms with Gasteiger partial charge >= 0.3 is 5.97 Å². The van der Waals surface area contributed by atoms with Crippen molar-refractivity contribution in [1.82, 2.24) is 0 Å². The number of hydrogen-bond donors (Lipinski definition) is 2. The predicted molar refractivity (Wildman–Crippen MR) is 89.2 cm³/mol. The number of rotatable bonds is 4. The zero-order valence-corrected chi connectivity index (χ0v) is 14.1. The van der Waals surface area contributed by atoms with Crippen molar-refractivity contribution in [2.75, 3.05) is 5.32 Å². The highest BCUT2D eigenvalue weighted by Gasteiger charge is 2.37. The summed E-state index contributed by atoms with van der Waals surface area (Å²) >= 11 is 15.6. The molecule has 0 radical (unpaired) electrons. The highest BCUT2D eigenvalue weighted by Crippen LogP contribution is 2.35. The monoisotopic (exact) mass is 387 g/mol. The summed E-state index contributed by atoms with van der Waals surface area (Å²) in [4.78, 5) is 11.8. The van der Waals surface area contributed by atoms with Crippen molar-refractivity contribution >= 4 is 50.8 Å². The third-order valence-electron chi connectivity index (χ3n) is 3.16. The lowest BCUT2D eigenvalue weighted by Gasteiger charge is -2.29. The first-order valence-corrected chi connectivity index (χ1v) is 7.61. The van der Waals surface area contributed by atoms with Gasteiger partial charge < -0.3 is 10.4 Å². The van der Waals surface area contributed by atoms with Gasteiger partial charge in [0.15, 0.2) is 5.54 Å². The zero-order valence-electron chi connectivity index (χ0n) is 11.0. The fourth-order valence-corrected chi connectivity index (χ4v) is 3.01. The summed E-state index contributed by atoms with van der Waals surface area (Å²) in [5.74, 6) is -1.05. The zero-order chi connectivity index (χ0) is 15.6. The van der Waals surface area contributed by atoms with Gasteiger partial charge in [0.1, 0.15) is 0 Å². The molecule has 2 N–H and O–H groups in total. The van der Waals surface area contributed by atoms with Crippen LogP contribution in [0.2, 0.25) is 10.0 Å². The molecule has 21 heavy (non-hydrogen) atoms. The van der Waals surface area contributed by atoms with Gasteiger partial charge in [0, 0.05) is 15.1 Å². The Bertz CT molecular complexity index is 693. The quantitative estimate of drug-likeness (QED) is 0.759. The summed E-state index contributed by atoms with van der Waals surface area (Å²) in [5, 5.41) is 13.4. The van der Waals surface area contributed by atoms with E-state index in [2.05, 4.69) is 21.2 Å². The smallest absolute Gasteiger partial charge is 0.333 e. The fraction of sp³-hybridized carbons (Fsp3) is 0.133. The van der Waals surface area contributed by atoms with Crippen LogP contribution in [0.3, 0.4) is 0 Å². The highest BCUT2D eigenvalue weighted by molar-refractivity contribution is 9.10. The van der Waals surface area contributed by atoms with Gasteiger partial charge in [0.05, 0.1) is 10.7 Å². The first-order chi connectivity index (χ1) is 9.84. The van der Waals surface area contributed by atoms with E-state index < -0.39 is 11.5 Å². The summed E-state index contributed by atoms with van der Waals surface area (Å²) in [6, 6.07) is 12.0. The van der Waals surface area contributed by atoms with Gasteiger partial charge in [0.25, 0.3) is 0 Å². The number of aliphatic carboxylic acids is 1. The van der Waals surface area contributed by atoms with Gasteiger partial charge in [-0.15, -0.1) is 0 Å². The molecule has 0 bridgehead atoms. The molecule has 0 aliphatic carbocycles. The Morgan fingerprint density at radius 1 is 1.19 bits per heavy atom. The number of carboxylic acid groups (broad SMARTS) is 1.